The quantitative estimate of drug-likeness (QED) is 0.476. The molecule has 0 saturated carbocycles. The molecule has 0 bridgehead atoms. The predicted octanol–water partition coefficient (Wildman–Crippen LogP) is 3.52. The normalized spacial score (nSPS) is 10.8. The molecule has 0 unspecified atom stereocenters. The van der Waals surface area contributed by atoms with Gasteiger partial charge < -0.3 is 20.3 Å². The standard InChI is InChI=1S/C20H16N4O4S/c21-19-17-13(10-29-18(17)16(7-24-19)20(25)26)9-28-15-3-1-2-14(4-15)27-8-12-5-22-11-23-6-12/h1-7,10-11H,8-9H2,(H2,21,24)(H,25,26). The number of fused-ring (bicyclic) bond motifs is 1. The summed E-state index contributed by atoms with van der Waals surface area (Å²) in [7, 11) is 0. The number of thiophene rings is 1. The molecule has 3 aromatic heterocycles. The molecule has 8 nitrogen and oxygen atoms in total. The van der Waals surface area contributed by atoms with Gasteiger partial charge in [0, 0.05) is 41.2 Å². The summed E-state index contributed by atoms with van der Waals surface area (Å²) in [5, 5.41) is 11.8. The summed E-state index contributed by atoms with van der Waals surface area (Å²) < 4.78 is 12.2. The van der Waals surface area contributed by atoms with E-state index in [1.165, 1.54) is 23.9 Å². The van der Waals surface area contributed by atoms with Crippen LogP contribution in [0.5, 0.6) is 11.5 Å². The summed E-state index contributed by atoms with van der Waals surface area (Å²) in [5.74, 6) is 0.514. The van der Waals surface area contributed by atoms with Gasteiger partial charge >= 0.3 is 5.97 Å². The van der Waals surface area contributed by atoms with Gasteiger partial charge in [0.15, 0.2) is 0 Å². The van der Waals surface area contributed by atoms with E-state index in [2.05, 4.69) is 15.0 Å². The summed E-state index contributed by atoms with van der Waals surface area (Å²) in [6.45, 7) is 0.574. The fraction of sp³-hybridized carbons (Fsp3) is 0.100. The minimum atomic E-state index is -1.04. The van der Waals surface area contributed by atoms with E-state index in [0.29, 0.717) is 28.2 Å². The molecule has 0 spiro atoms. The van der Waals surface area contributed by atoms with Gasteiger partial charge in [-0.2, -0.15) is 0 Å². The zero-order chi connectivity index (χ0) is 20.2. The maximum Gasteiger partial charge on any atom is 0.338 e. The molecule has 0 amide bonds. The van der Waals surface area contributed by atoms with Gasteiger partial charge in [0.05, 0.1) is 10.3 Å². The minimum absolute atomic E-state index is 0.130. The first-order valence-electron chi connectivity index (χ1n) is 8.59. The molecule has 3 N–H and O–H groups in total. The van der Waals surface area contributed by atoms with Gasteiger partial charge in [0.1, 0.15) is 36.9 Å². The molecule has 9 heteroatoms. The third-order valence-corrected chi connectivity index (χ3v) is 5.21. The summed E-state index contributed by atoms with van der Waals surface area (Å²) in [6, 6.07) is 7.26. The average molecular weight is 408 g/mol. The molecular formula is C20H16N4O4S. The van der Waals surface area contributed by atoms with Crippen molar-refractivity contribution in [1.82, 2.24) is 15.0 Å². The second kappa shape index (κ2) is 8.11. The Hall–Kier alpha value is -3.72. The fourth-order valence-corrected chi connectivity index (χ4v) is 3.84. The highest BCUT2D eigenvalue weighted by molar-refractivity contribution is 7.17. The number of hydrogen-bond donors (Lipinski definition) is 2. The van der Waals surface area contributed by atoms with E-state index in [9.17, 15) is 9.90 Å². The summed E-state index contributed by atoms with van der Waals surface area (Å²) in [4.78, 5) is 23.3. The first kappa shape index (κ1) is 18.6. The lowest BCUT2D eigenvalue weighted by Crippen LogP contribution is -2.02. The van der Waals surface area contributed by atoms with Crippen molar-refractivity contribution in [1.29, 1.82) is 0 Å². The average Bonchev–Trinajstić information content (AvgIpc) is 3.17. The zero-order valence-electron chi connectivity index (χ0n) is 15.1. The second-order valence-corrected chi connectivity index (χ2v) is 7.01. The molecule has 0 aliphatic rings. The smallest absolute Gasteiger partial charge is 0.338 e. The van der Waals surface area contributed by atoms with Crippen LogP contribution in [0, 0.1) is 0 Å². The summed E-state index contributed by atoms with van der Waals surface area (Å²) >= 11 is 1.31. The van der Waals surface area contributed by atoms with Crippen molar-refractivity contribution in [2.24, 2.45) is 0 Å². The Morgan fingerprint density at radius 3 is 2.55 bits per heavy atom. The Morgan fingerprint density at radius 1 is 1.10 bits per heavy atom. The number of anilines is 1. The van der Waals surface area contributed by atoms with E-state index in [4.69, 9.17) is 15.2 Å². The molecule has 0 fully saturated rings. The molecule has 0 aliphatic carbocycles. The van der Waals surface area contributed by atoms with Crippen LogP contribution in [0.25, 0.3) is 10.1 Å². The third-order valence-electron chi connectivity index (χ3n) is 4.15. The van der Waals surface area contributed by atoms with Crippen LogP contribution in [-0.2, 0) is 13.2 Å². The number of nitrogens with two attached hydrogens (primary N) is 1. The molecule has 3 heterocycles. The summed E-state index contributed by atoms with van der Waals surface area (Å²) in [6.07, 6.45) is 6.13. The summed E-state index contributed by atoms with van der Waals surface area (Å²) in [5.41, 5.74) is 7.75. The van der Waals surface area contributed by atoms with Crippen LogP contribution in [0.3, 0.4) is 0 Å². The van der Waals surface area contributed by atoms with Gasteiger partial charge in [-0.15, -0.1) is 11.3 Å². The Labute approximate surface area is 169 Å². The van der Waals surface area contributed by atoms with Crippen LogP contribution in [0.15, 0.2) is 54.6 Å². The van der Waals surface area contributed by atoms with Crippen LogP contribution < -0.4 is 15.2 Å². The van der Waals surface area contributed by atoms with Gasteiger partial charge in [-0.25, -0.2) is 19.7 Å². The van der Waals surface area contributed by atoms with Gasteiger partial charge in [0.25, 0.3) is 0 Å². The highest BCUT2D eigenvalue weighted by atomic mass is 32.1. The monoisotopic (exact) mass is 408 g/mol. The molecule has 29 heavy (non-hydrogen) atoms. The van der Waals surface area contributed by atoms with Gasteiger partial charge in [-0.1, -0.05) is 6.07 Å². The number of rotatable bonds is 7. The molecular weight excluding hydrogens is 392 g/mol. The lowest BCUT2D eigenvalue weighted by molar-refractivity contribution is 0.0699. The number of benzene rings is 1. The number of ether oxygens (including phenoxy) is 2. The number of nitrogen functional groups attached to an aromatic ring is 1. The second-order valence-electron chi connectivity index (χ2n) is 6.13. The van der Waals surface area contributed by atoms with Crippen LogP contribution in [0.4, 0.5) is 5.82 Å². The highest BCUT2D eigenvalue weighted by Gasteiger charge is 2.17. The maximum atomic E-state index is 11.4. The van der Waals surface area contributed by atoms with Gasteiger partial charge in [0.2, 0.25) is 0 Å². The van der Waals surface area contributed by atoms with Crippen molar-refractivity contribution in [3.8, 4) is 11.5 Å². The fourth-order valence-electron chi connectivity index (χ4n) is 2.77. The first-order chi connectivity index (χ1) is 14.1. The van der Waals surface area contributed by atoms with Crippen LogP contribution in [0.1, 0.15) is 21.5 Å². The Kier molecular flexibility index (Phi) is 5.21. The first-order valence-corrected chi connectivity index (χ1v) is 9.47. The maximum absolute atomic E-state index is 11.4. The van der Waals surface area contributed by atoms with Gasteiger partial charge in [-0.05, 0) is 17.5 Å². The number of aromatic nitrogens is 3. The number of carboxylic acid groups (broad SMARTS) is 1. The van der Waals surface area contributed by atoms with E-state index in [-0.39, 0.29) is 18.0 Å². The Balaban J connectivity index is 1.48. The van der Waals surface area contributed by atoms with E-state index < -0.39 is 5.97 Å². The van der Waals surface area contributed by atoms with Gasteiger partial charge in [-0.3, -0.25) is 0 Å². The SMILES string of the molecule is Nc1ncc(C(=O)O)c2scc(COc3cccc(OCc4cncnc4)c3)c12. The van der Waals surface area contributed by atoms with E-state index in [0.717, 1.165) is 11.1 Å². The van der Waals surface area contributed by atoms with Crippen molar-refractivity contribution in [3.63, 3.8) is 0 Å². The van der Waals surface area contributed by atoms with Crippen LogP contribution in [0.2, 0.25) is 0 Å². The van der Waals surface area contributed by atoms with Crippen LogP contribution in [-0.4, -0.2) is 26.0 Å². The van der Waals surface area contributed by atoms with Crippen molar-refractivity contribution in [2.45, 2.75) is 13.2 Å². The number of carboxylic acids is 1. The molecule has 0 saturated heterocycles. The van der Waals surface area contributed by atoms with E-state index >= 15 is 0 Å². The third kappa shape index (κ3) is 4.09. The van der Waals surface area contributed by atoms with Crippen molar-refractivity contribution in [3.05, 3.63) is 71.3 Å². The van der Waals surface area contributed by atoms with Crippen molar-refractivity contribution < 1.29 is 19.4 Å². The predicted molar refractivity (Wildman–Crippen MR) is 108 cm³/mol. The molecule has 4 aromatic rings. The molecule has 0 radical (unpaired) electrons. The lowest BCUT2D eigenvalue weighted by Gasteiger charge is -2.10. The highest BCUT2D eigenvalue weighted by Crippen LogP contribution is 2.33. The molecule has 0 atom stereocenters. The molecule has 1 aromatic carbocycles. The number of nitrogens with zero attached hydrogens (tertiary/aromatic N) is 3. The van der Waals surface area contributed by atoms with E-state index in [1.54, 1.807) is 18.5 Å². The lowest BCUT2D eigenvalue weighted by atomic mass is 10.1. The largest absolute Gasteiger partial charge is 0.489 e. The van der Waals surface area contributed by atoms with Crippen molar-refractivity contribution in [2.75, 3.05) is 5.73 Å². The Morgan fingerprint density at radius 2 is 1.83 bits per heavy atom. The molecule has 4 rings (SSSR count). The topological polar surface area (TPSA) is 120 Å². The minimum Gasteiger partial charge on any atom is -0.489 e. The number of aromatic carboxylic acids is 1. The molecule has 0 aliphatic heterocycles. The van der Waals surface area contributed by atoms with Crippen molar-refractivity contribution >= 4 is 33.2 Å². The Bertz CT molecular complexity index is 1160. The molecule has 146 valence electrons. The number of pyridine rings is 1. The number of carbonyl (C=O) groups is 1. The van der Waals surface area contributed by atoms with E-state index in [1.807, 2.05) is 23.6 Å². The van der Waals surface area contributed by atoms with Crippen LogP contribution >= 0.6 is 11.3 Å². The number of hydrogen-bond acceptors (Lipinski definition) is 8. The zero-order valence-corrected chi connectivity index (χ0v) is 15.9.